The minimum Gasteiger partial charge on any atom is -0.462 e. The van der Waals surface area contributed by atoms with Gasteiger partial charge in [0.15, 0.2) is 17.3 Å². The van der Waals surface area contributed by atoms with Crippen molar-refractivity contribution in [1.82, 2.24) is 0 Å². The molecule has 0 fully saturated rings. The maximum Gasteiger partial charge on any atom is 0.342 e. The summed E-state index contributed by atoms with van der Waals surface area (Å²) in [5, 5.41) is 1.78. The van der Waals surface area contributed by atoms with Gasteiger partial charge in [-0.05, 0) is 72.2 Å². The van der Waals surface area contributed by atoms with E-state index in [1.54, 1.807) is 26.0 Å². The number of rotatable bonds is 9. The van der Waals surface area contributed by atoms with Crippen molar-refractivity contribution in [3.05, 3.63) is 99.4 Å². The molecular formula is C38H41N3O6S. The molecule has 48 heavy (non-hydrogen) atoms. The highest BCUT2D eigenvalue weighted by atomic mass is 32.1. The van der Waals surface area contributed by atoms with Crippen LogP contribution in [-0.4, -0.2) is 36.8 Å². The Balaban J connectivity index is 1.59. The summed E-state index contributed by atoms with van der Waals surface area (Å²) in [7, 11) is 0. The predicted octanol–water partition coefficient (Wildman–Crippen LogP) is 9.08. The third-order valence-electron chi connectivity index (χ3n) is 7.68. The van der Waals surface area contributed by atoms with Crippen molar-refractivity contribution in [1.29, 1.82) is 0 Å². The number of hydrogen-bond donors (Lipinski definition) is 1. The van der Waals surface area contributed by atoms with Crippen molar-refractivity contribution < 1.29 is 28.5 Å². The Labute approximate surface area is 285 Å². The highest BCUT2D eigenvalue weighted by Crippen LogP contribution is 2.41. The second kappa shape index (κ2) is 13.6. The van der Waals surface area contributed by atoms with Gasteiger partial charge < -0.3 is 24.7 Å². The number of carbonyl (C=O) groups is 2. The Hall–Kier alpha value is -4.96. The average Bonchev–Trinajstić information content (AvgIpc) is 3.57. The van der Waals surface area contributed by atoms with Crippen molar-refractivity contribution in [2.45, 2.75) is 66.2 Å². The van der Waals surface area contributed by atoms with Crippen LogP contribution in [0.1, 0.15) is 98.4 Å². The number of hydrogen-bond acceptors (Lipinski definition) is 9. The highest BCUT2D eigenvalue weighted by molar-refractivity contribution is 7.14. The second-order valence-corrected chi connectivity index (χ2v) is 14.2. The summed E-state index contributed by atoms with van der Waals surface area (Å²) in [6.45, 7) is 16.6. The zero-order chi connectivity index (χ0) is 34.8. The largest absolute Gasteiger partial charge is 0.462 e. The van der Waals surface area contributed by atoms with Crippen molar-refractivity contribution in [3.63, 3.8) is 0 Å². The van der Waals surface area contributed by atoms with Crippen LogP contribution in [0.5, 0.6) is 23.0 Å². The molecule has 3 aromatic carbocycles. The monoisotopic (exact) mass is 667 g/mol. The van der Waals surface area contributed by atoms with Crippen molar-refractivity contribution in [2.75, 3.05) is 13.2 Å². The van der Waals surface area contributed by atoms with Gasteiger partial charge >= 0.3 is 11.9 Å². The van der Waals surface area contributed by atoms with Crippen molar-refractivity contribution in [2.24, 2.45) is 15.7 Å². The van der Waals surface area contributed by atoms with Crippen molar-refractivity contribution >= 4 is 39.9 Å². The number of esters is 2. The molecule has 2 heterocycles. The van der Waals surface area contributed by atoms with Crippen LogP contribution in [0.15, 0.2) is 76.0 Å². The molecule has 0 bridgehead atoms. The number of nitrogens with two attached hydrogens (primary N) is 1. The SMILES string of the molecule is CCOC(=O)c1csc(/N=C2\N=C(N)c3cc(Oc4ccc(C(C)(C)C)cc4)c(Oc4ccc(C(C)(C)C)cc4)cc32)c1C(=O)OCC. The molecule has 9 nitrogen and oxygen atoms in total. The third kappa shape index (κ3) is 7.44. The summed E-state index contributed by atoms with van der Waals surface area (Å²) in [6, 6.07) is 19.4. The first kappa shape index (κ1) is 34.4. The molecule has 1 aromatic heterocycles. The Morgan fingerprint density at radius 3 is 1.71 bits per heavy atom. The van der Waals surface area contributed by atoms with Crippen LogP contribution in [0.2, 0.25) is 0 Å². The molecule has 4 aromatic rings. The van der Waals surface area contributed by atoms with E-state index in [4.69, 9.17) is 29.7 Å². The van der Waals surface area contributed by atoms with Gasteiger partial charge in [0, 0.05) is 16.5 Å². The molecule has 0 aliphatic carbocycles. The fourth-order valence-corrected chi connectivity index (χ4v) is 5.92. The van der Waals surface area contributed by atoms with Crippen LogP contribution in [0.4, 0.5) is 5.00 Å². The minimum absolute atomic E-state index is 0.00692. The molecule has 0 radical (unpaired) electrons. The number of benzene rings is 3. The number of nitrogens with zero attached hydrogens (tertiary/aromatic N) is 2. The summed E-state index contributed by atoms with van der Waals surface area (Å²) in [5.74, 6) is 1.25. The lowest BCUT2D eigenvalue weighted by Crippen LogP contribution is -2.12. The summed E-state index contributed by atoms with van der Waals surface area (Å²) in [6.07, 6.45) is 0. The topological polar surface area (TPSA) is 122 Å². The van der Waals surface area contributed by atoms with Gasteiger partial charge in [0.25, 0.3) is 0 Å². The summed E-state index contributed by atoms with van der Waals surface area (Å²) < 4.78 is 23.3. The number of aliphatic imine (C=N–C) groups is 2. The van der Waals surface area contributed by atoms with Gasteiger partial charge in [0.2, 0.25) is 0 Å². The Morgan fingerprint density at radius 2 is 1.23 bits per heavy atom. The van der Waals surface area contributed by atoms with E-state index in [9.17, 15) is 9.59 Å². The first-order chi connectivity index (χ1) is 22.7. The van der Waals surface area contributed by atoms with Gasteiger partial charge in [-0.1, -0.05) is 65.8 Å². The van der Waals surface area contributed by atoms with E-state index >= 15 is 0 Å². The molecule has 0 spiro atoms. The average molecular weight is 668 g/mol. The molecule has 1 aliphatic heterocycles. The molecule has 0 atom stereocenters. The first-order valence-electron chi connectivity index (χ1n) is 15.8. The van der Waals surface area contributed by atoms with E-state index in [2.05, 4.69) is 46.5 Å². The molecule has 0 amide bonds. The summed E-state index contributed by atoms with van der Waals surface area (Å²) >= 11 is 1.11. The lowest BCUT2D eigenvalue weighted by atomic mass is 9.87. The summed E-state index contributed by atoms with van der Waals surface area (Å²) in [5.41, 5.74) is 10.0. The summed E-state index contributed by atoms with van der Waals surface area (Å²) in [4.78, 5) is 34.9. The van der Waals surface area contributed by atoms with E-state index in [0.29, 0.717) is 34.1 Å². The molecule has 2 N–H and O–H groups in total. The fourth-order valence-electron chi connectivity index (χ4n) is 5.02. The lowest BCUT2D eigenvalue weighted by molar-refractivity contribution is 0.0481. The van der Waals surface area contributed by atoms with Crippen LogP contribution in [0.3, 0.4) is 0 Å². The maximum absolute atomic E-state index is 13.0. The second-order valence-electron chi connectivity index (χ2n) is 13.3. The number of carbonyl (C=O) groups excluding carboxylic acids is 2. The highest BCUT2D eigenvalue weighted by Gasteiger charge is 2.29. The predicted molar refractivity (Wildman–Crippen MR) is 190 cm³/mol. The molecular weight excluding hydrogens is 627 g/mol. The quantitative estimate of drug-likeness (QED) is 0.177. The number of ether oxygens (including phenoxy) is 4. The Kier molecular flexibility index (Phi) is 9.77. The van der Waals surface area contributed by atoms with Crippen molar-refractivity contribution in [3.8, 4) is 23.0 Å². The van der Waals surface area contributed by atoms with Crippen LogP contribution in [-0.2, 0) is 20.3 Å². The van der Waals surface area contributed by atoms with E-state index in [1.165, 1.54) is 16.5 Å². The van der Waals surface area contributed by atoms with Gasteiger partial charge in [-0.3, -0.25) is 0 Å². The standard InChI is InChI=1S/C38H41N3O6S/c1-9-44-35(42)28-21-48-34(31(28)36(43)45-10-2)41-33-27-20-30(47-25-17-13-23(14-18-25)38(6,7)8)29(19-26(27)32(39)40-33)46-24-15-11-22(12-16-24)37(3,4)5/h11-21H,9-10H2,1-8H3,(H2,39,40,41). The number of amidine groups is 2. The minimum atomic E-state index is -0.680. The van der Waals surface area contributed by atoms with E-state index in [0.717, 1.165) is 11.3 Å². The molecule has 0 saturated carbocycles. The smallest absolute Gasteiger partial charge is 0.342 e. The molecule has 1 aliphatic rings. The first-order valence-corrected chi connectivity index (χ1v) is 16.7. The van der Waals surface area contributed by atoms with Crippen LogP contribution in [0, 0.1) is 0 Å². The van der Waals surface area contributed by atoms with Gasteiger partial charge in [-0.25, -0.2) is 19.6 Å². The van der Waals surface area contributed by atoms with E-state index in [1.807, 2.05) is 48.5 Å². The van der Waals surface area contributed by atoms with E-state index in [-0.39, 0.29) is 51.8 Å². The fraction of sp³-hybridized carbons (Fsp3) is 0.316. The molecule has 10 heteroatoms. The van der Waals surface area contributed by atoms with Crippen LogP contribution in [0.25, 0.3) is 0 Å². The maximum atomic E-state index is 13.0. The lowest BCUT2D eigenvalue weighted by Gasteiger charge is -2.20. The molecule has 0 saturated heterocycles. The normalized spacial score (nSPS) is 13.6. The third-order valence-corrected chi connectivity index (χ3v) is 8.55. The molecule has 5 rings (SSSR count). The molecule has 0 unspecified atom stereocenters. The zero-order valence-corrected chi connectivity index (χ0v) is 29.4. The van der Waals surface area contributed by atoms with Gasteiger partial charge in [-0.2, -0.15) is 0 Å². The van der Waals surface area contributed by atoms with Crippen LogP contribution >= 0.6 is 11.3 Å². The molecule has 250 valence electrons. The number of thiophene rings is 1. The Morgan fingerprint density at radius 1 is 0.750 bits per heavy atom. The number of fused-ring (bicyclic) bond motifs is 1. The van der Waals surface area contributed by atoms with E-state index < -0.39 is 11.9 Å². The van der Waals surface area contributed by atoms with Crippen LogP contribution < -0.4 is 15.2 Å². The van der Waals surface area contributed by atoms with Gasteiger partial charge in [0.05, 0.1) is 18.8 Å². The Bertz CT molecular complexity index is 1890. The zero-order valence-electron chi connectivity index (χ0n) is 28.6. The van der Waals surface area contributed by atoms with Gasteiger partial charge in [0.1, 0.15) is 27.9 Å². The van der Waals surface area contributed by atoms with Gasteiger partial charge in [-0.15, -0.1) is 11.3 Å².